The first-order valence-corrected chi connectivity index (χ1v) is 9.24. The van der Waals surface area contributed by atoms with Crippen molar-refractivity contribution in [3.8, 4) is 11.6 Å². The zero-order chi connectivity index (χ0) is 23.0. The summed E-state index contributed by atoms with van der Waals surface area (Å²) in [4.78, 5) is 11.5. The third kappa shape index (κ3) is 4.08. The lowest BCUT2D eigenvalue weighted by Crippen LogP contribution is -2.06. The molecule has 4 nitrogen and oxygen atoms in total. The van der Waals surface area contributed by atoms with E-state index in [2.05, 4.69) is 15.0 Å². The highest BCUT2D eigenvalue weighted by molar-refractivity contribution is 5.82. The Labute approximate surface area is 177 Å². The lowest BCUT2D eigenvalue weighted by atomic mass is 9.94. The summed E-state index contributed by atoms with van der Waals surface area (Å²) in [5, 5.41) is -0.159. The first kappa shape index (κ1) is 21.5. The smallest absolute Gasteiger partial charge is 0.416 e. The van der Waals surface area contributed by atoms with E-state index in [9.17, 15) is 26.3 Å². The zero-order valence-electron chi connectivity index (χ0n) is 16.3. The molecule has 0 aliphatic heterocycles. The Kier molecular flexibility index (Phi) is 5.45. The van der Waals surface area contributed by atoms with Crippen LogP contribution in [0.2, 0.25) is 0 Å². The summed E-state index contributed by atoms with van der Waals surface area (Å²) in [5.74, 6) is -3.51. The standard InChI is InChI=1S/C22H13F6N3O/c1-11(20-19-15(23)4-5-16(24)21(19)31-10-30-20)14-3-2-13(9-17(14)25)32-18-8-12(6-7-29-18)22(26,27)28/h2-11H,1H3. The van der Waals surface area contributed by atoms with E-state index in [1.165, 1.54) is 12.1 Å². The quantitative estimate of drug-likeness (QED) is 0.338. The number of alkyl halides is 3. The van der Waals surface area contributed by atoms with E-state index >= 15 is 0 Å². The van der Waals surface area contributed by atoms with Crippen molar-refractivity contribution in [1.82, 2.24) is 15.0 Å². The van der Waals surface area contributed by atoms with Crippen molar-refractivity contribution < 1.29 is 31.1 Å². The fraction of sp³-hybridized carbons (Fsp3) is 0.136. The topological polar surface area (TPSA) is 47.9 Å². The van der Waals surface area contributed by atoms with Gasteiger partial charge in [-0.1, -0.05) is 13.0 Å². The molecule has 0 bridgehead atoms. The Morgan fingerprint density at radius 3 is 2.31 bits per heavy atom. The molecule has 32 heavy (non-hydrogen) atoms. The maximum atomic E-state index is 14.8. The SMILES string of the molecule is CC(c1ccc(Oc2cc(C(F)(F)F)ccn2)cc1F)c1ncnc2c(F)ccc(F)c12. The number of benzene rings is 2. The molecule has 0 saturated carbocycles. The average molecular weight is 449 g/mol. The van der Waals surface area contributed by atoms with Gasteiger partial charge in [0.25, 0.3) is 0 Å². The predicted octanol–water partition coefficient (Wildman–Crippen LogP) is 6.41. The van der Waals surface area contributed by atoms with Crippen molar-refractivity contribution in [3.63, 3.8) is 0 Å². The second kappa shape index (κ2) is 8.10. The first-order chi connectivity index (χ1) is 15.1. The molecule has 0 N–H and O–H groups in total. The summed E-state index contributed by atoms with van der Waals surface area (Å²) in [7, 11) is 0. The van der Waals surface area contributed by atoms with Gasteiger partial charge in [-0.15, -0.1) is 0 Å². The number of halogens is 6. The molecule has 164 valence electrons. The molecule has 0 amide bonds. The molecule has 0 spiro atoms. The van der Waals surface area contributed by atoms with E-state index < -0.39 is 35.1 Å². The number of rotatable bonds is 4. The fourth-order valence-electron chi connectivity index (χ4n) is 3.28. The zero-order valence-corrected chi connectivity index (χ0v) is 16.3. The lowest BCUT2D eigenvalue weighted by Gasteiger charge is -2.16. The number of ether oxygens (including phenoxy) is 1. The van der Waals surface area contributed by atoms with Gasteiger partial charge in [0.1, 0.15) is 35.0 Å². The van der Waals surface area contributed by atoms with E-state index in [4.69, 9.17) is 4.74 Å². The Hall–Kier alpha value is -3.69. The second-order valence-corrected chi connectivity index (χ2v) is 6.90. The van der Waals surface area contributed by atoms with Crippen molar-refractivity contribution >= 4 is 10.9 Å². The van der Waals surface area contributed by atoms with Crippen LogP contribution in [0.5, 0.6) is 11.6 Å². The molecule has 0 saturated heterocycles. The van der Waals surface area contributed by atoms with Crippen LogP contribution in [0.25, 0.3) is 10.9 Å². The molecule has 1 unspecified atom stereocenters. The van der Waals surface area contributed by atoms with Crippen LogP contribution in [0.3, 0.4) is 0 Å². The summed E-state index contributed by atoms with van der Waals surface area (Å²) in [6.07, 6.45) is -2.59. The molecule has 2 heterocycles. The first-order valence-electron chi connectivity index (χ1n) is 9.24. The number of pyridine rings is 1. The Morgan fingerprint density at radius 1 is 0.844 bits per heavy atom. The van der Waals surface area contributed by atoms with Crippen LogP contribution in [0.15, 0.2) is 55.0 Å². The highest BCUT2D eigenvalue weighted by atomic mass is 19.4. The van der Waals surface area contributed by atoms with Gasteiger partial charge < -0.3 is 4.74 Å². The Morgan fingerprint density at radius 2 is 1.59 bits per heavy atom. The van der Waals surface area contributed by atoms with Crippen LogP contribution >= 0.6 is 0 Å². The molecule has 1 atom stereocenters. The maximum absolute atomic E-state index is 14.8. The third-order valence-electron chi connectivity index (χ3n) is 4.85. The molecule has 0 fully saturated rings. The Balaban J connectivity index is 1.66. The molecule has 0 aliphatic rings. The predicted molar refractivity (Wildman–Crippen MR) is 103 cm³/mol. The van der Waals surface area contributed by atoms with Gasteiger partial charge in [0.15, 0.2) is 0 Å². The van der Waals surface area contributed by atoms with Crippen LogP contribution in [-0.4, -0.2) is 15.0 Å². The number of hydrogen-bond donors (Lipinski definition) is 0. The van der Waals surface area contributed by atoms with E-state index in [-0.39, 0.29) is 33.8 Å². The highest BCUT2D eigenvalue weighted by Crippen LogP contribution is 2.35. The highest BCUT2D eigenvalue weighted by Gasteiger charge is 2.31. The normalized spacial score (nSPS) is 12.7. The number of fused-ring (bicyclic) bond motifs is 1. The van der Waals surface area contributed by atoms with Crippen molar-refractivity contribution in [2.24, 2.45) is 0 Å². The van der Waals surface area contributed by atoms with E-state index in [1.807, 2.05) is 0 Å². The number of hydrogen-bond acceptors (Lipinski definition) is 4. The van der Waals surface area contributed by atoms with Gasteiger partial charge in [-0.2, -0.15) is 13.2 Å². The van der Waals surface area contributed by atoms with E-state index in [1.54, 1.807) is 6.92 Å². The van der Waals surface area contributed by atoms with Crippen LogP contribution in [0.1, 0.15) is 29.7 Å². The van der Waals surface area contributed by atoms with Crippen molar-refractivity contribution in [3.05, 3.63) is 89.3 Å². The summed E-state index contributed by atoms with van der Waals surface area (Å²) < 4.78 is 87.0. The van der Waals surface area contributed by atoms with Crippen LogP contribution in [0, 0.1) is 17.5 Å². The van der Waals surface area contributed by atoms with Crippen LogP contribution in [0.4, 0.5) is 26.3 Å². The van der Waals surface area contributed by atoms with Crippen LogP contribution < -0.4 is 4.74 Å². The van der Waals surface area contributed by atoms with Crippen molar-refractivity contribution in [2.75, 3.05) is 0 Å². The maximum Gasteiger partial charge on any atom is 0.416 e. The fourth-order valence-corrected chi connectivity index (χ4v) is 3.28. The minimum absolute atomic E-state index is 0.0825. The lowest BCUT2D eigenvalue weighted by molar-refractivity contribution is -0.137. The van der Waals surface area contributed by atoms with Gasteiger partial charge in [-0.05, 0) is 29.8 Å². The van der Waals surface area contributed by atoms with Crippen molar-refractivity contribution in [1.29, 1.82) is 0 Å². The van der Waals surface area contributed by atoms with Gasteiger partial charge in [-0.25, -0.2) is 28.1 Å². The summed E-state index contributed by atoms with van der Waals surface area (Å²) in [6, 6.07) is 6.98. The van der Waals surface area contributed by atoms with Gasteiger partial charge in [0.2, 0.25) is 5.88 Å². The van der Waals surface area contributed by atoms with Gasteiger partial charge in [0, 0.05) is 24.2 Å². The summed E-state index contributed by atoms with van der Waals surface area (Å²) >= 11 is 0. The third-order valence-corrected chi connectivity index (χ3v) is 4.85. The molecule has 0 radical (unpaired) electrons. The van der Waals surface area contributed by atoms with E-state index in [0.717, 1.165) is 36.8 Å². The van der Waals surface area contributed by atoms with Gasteiger partial charge in [0.05, 0.1) is 16.6 Å². The van der Waals surface area contributed by atoms with Crippen molar-refractivity contribution in [2.45, 2.75) is 19.0 Å². The molecule has 4 rings (SSSR count). The minimum atomic E-state index is -4.58. The Bertz CT molecular complexity index is 1310. The molecular weight excluding hydrogens is 436 g/mol. The van der Waals surface area contributed by atoms with Crippen LogP contribution in [-0.2, 0) is 6.18 Å². The molecule has 10 heteroatoms. The molecular formula is C22H13F6N3O. The minimum Gasteiger partial charge on any atom is -0.439 e. The monoisotopic (exact) mass is 449 g/mol. The van der Waals surface area contributed by atoms with Gasteiger partial charge in [-0.3, -0.25) is 0 Å². The van der Waals surface area contributed by atoms with Gasteiger partial charge >= 0.3 is 6.18 Å². The molecule has 4 aromatic rings. The molecule has 2 aromatic carbocycles. The van der Waals surface area contributed by atoms with E-state index in [0.29, 0.717) is 6.07 Å². The number of nitrogens with zero attached hydrogens (tertiary/aromatic N) is 3. The largest absolute Gasteiger partial charge is 0.439 e. The summed E-state index contributed by atoms with van der Waals surface area (Å²) in [6.45, 7) is 1.55. The molecule has 0 aliphatic carbocycles. The average Bonchev–Trinajstić information content (AvgIpc) is 2.75. The number of aromatic nitrogens is 3. The second-order valence-electron chi connectivity index (χ2n) is 6.90. The summed E-state index contributed by atoms with van der Waals surface area (Å²) in [5.41, 5.74) is -1.01. The molecule has 2 aromatic heterocycles.